The van der Waals surface area contributed by atoms with Crippen molar-refractivity contribution in [2.45, 2.75) is 20.4 Å². The van der Waals surface area contributed by atoms with Crippen molar-refractivity contribution in [2.24, 2.45) is 5.92 Å². The fourth-order valence-electron chi connectivity index (χ4n) is 2.52. The summed E-state index contributed by atoms with van der Waals surface area (Å²) in [4.78, 5) is 37.7. The molecule has 0 fully saturated rings. The van der Waals surface area contributed by atoms with E-state index in [1.807, 2.05) is 52.2 Å². The van der Waals surface area contributed by atoms with E-state index in [0.717, 1.165) is 5.56 Å². The topological polar surface area (TPSA) is 90.5 Å². The Kier molecular flexibility index (Phi) is 7.91. The lowest BCUT2D eigenvalue weighted by molar-refractivity contribution is -0.119. The van der Waals surface area contributed by atoms with Gasteiger partial charge in [0.15, 0.2) is 0 Å². The van der Waals surface area contributed by atoms with Crippen LogP contribution >= 0.6 is 0 Å². The lowest BCUT2D eigenvalue weighted by Crippen LogP contribution is -2.27. The zero-order valence-electron chi connectivity index (χ0n) is 17.3. The maximum atomic E-state index is 12.4. The molecule has 0 bridgehead atoms. The fraction of sp³-hybridized carbons (Fsp3) is 0.318. The van der Waals surface area contributed by atoms with Crippen LogP contribution in [0.1, 0.15) is 29.8 Å². The zero-order chi connectivity index (χ0) is 21.4. The van der Waals surface area contributed by atoms with Gasteiger partial charge in [0, 0.05) is 29.4 Å². The molecule has 0 radical (unpaired) electrons. The van der Waals surface area contributed by atoms with Gasteiger partial charge >= 0.3 is 0 Å². The predicted octanol–water partition coefficient (Wildman–Crippen LogP) is 2.71. The van der Waals surface area contributed by atoms with E-state index in [1.165, 1.54) is 0 Å². The Morgan fingerprint density at radius 3 is 2.24 bits per heavy atom. The van der Waals surface area contributed by atoms with Gasteiger partial charge in [0.1, 0.15) is 0 Å². The molecule has 2 rings (SSSR count). The zero-order valence-corrected chi connectivity index (χ0v) is 17.3. The lowest BCUT2D eigenvalue weighted by atomic mass is 10.1. The molecule has 0 saturated carbocycles. The van der Waals surface area contributed by atoms with E-state index in [2.05, 4.69) is 16.0 Å². The van der Waals surface area contributed by atoms with Crippen LogP contribution in [0.5, 0.6) is 0 Å². The number of nitrogens with one attached hydrogen (secondary N) is 3. The SMILES string of the molecule is CC(C)C(=O)Nc1ccc(C(=O)NCc2cccc(NC(=O)CN(C)C)c2)cc1. The van der Waals surface area contributed by atoms with Gasteiger partial charge in [-0.25, -0.2) is 0 Å². The van der Waals surface area contributed by atoms with Crippen molar-refractivity contribution in [3.05, 3.63) is 59.7 Å². The maximum Gasteiger partial charge on any atom is 0.251 e. The van der Waals surface area contributed by atoms with Crippen LogP contribution in [0.15, 0.2) is 48.5 Å². The molecule has 29 heavy (non-hydrogen) atoms. The summed E-state index contributed by atoms with van der Waals surface area (Å²) in [5.41, 5.74) is 2.72. The molecule has 0 aliphatic heterocycles. The Hall–Kier alpha value is -3.19. The molecule has 0 saturated heterocycles. The number of likely N-dealkylation sites (N-methyl/N-ethyl adjacent to an activating group) is 1. The molecule has 0 heterocycles. The van der Waals surface area contributed by atoms with E-state index in [1.54, 1.807) is 29.2 Å². The molecule has 0 aliphatic carbocycles. The number of carbonyl (C=O) groups is 3. The molecule has 154 valence electrons. The average molecular weight is 396 g/mol. The number of carbonyl (C=O) groups excluding carboxylic acids is 3. The quantitative estimate of drug-likeness (QED) is 0.640. The number of hydrogen-bond donors (Lipinski definition) is 3. The van der Waals surface area contributed by atoms with E-state index >= 15 is 0 Å². The van der Waals surface area contributed by atoms with E-state index in [4.69, 9.17) is 0 Å². The van der Waals surface area contributed by atoms with Crippen LogP contribution in [0.4, 0.5) is 11.4 Å². The van der Waals surface area contributed by atoms with Gasteiger partial charge in [-0.05, 0) is 56.1 Å². The van der Waals surface area contributed by atoms with Gasteiger partial charge in [0.2, 0.25) is 11.8 Å². The van der Waals surface area contributed by atoms with Crippen LogP contribution in [-0.4, -0.2) is 43.3 Å². The first-order valence-electron chi connectivity index (χ1n) is 9.47. The number of hydrogen-bond acceptors (Lipinski definition) is 4. The summed E-state index contributed by atoms with van der Waals surface area (Å²) < 4.78 is 0. The van der Waals surface area contributed by atoms with Crippen molar-refractivity contribution in [3.63, 3.8) is 0 Å². The number of nitrogens with zero attached hydrogens (tertiary/aromatic N) is 1. The first-order valence-corrected chi connectivity index (χ1v) is 9.47. The summed E-state index contributed by atoms with van der Waals surface area (Å²) in [6, 6.07) is 14.1. The molecule has 0 spiro atoms. The normalized spacial score (nSPS) is 10.7. The third-order valence-corrected chi connectivity index (χ3v) is 4.06. The monoisotopic (exact) mass is 396 g/mol. The second-order valence-electron chi connectivity index (χ2n) is 7.39. The Balaban J connectivity index is 1.91. The van der Waals surface area contributed by atoms with Gasteiger partial charge in [0.25, 0.3) is 5.91 Å². The van der Waals surface area contributed by atoms with Gasteiger partial charge < -0.3 is 20.9 Å². The molecule has 0 atom stereocenters. The van der Waals surface area contributed by atoms with Gasteiger partial charge in [0.05, 0.1) is 6.54 Å². The second-order valence-corrected chi connectivity index (χ2v) is 7.39. The molecular weight excluding hydrogens is 368 g/mol. The highest BCUT2D eigenvalue weighted by molar-refractivity contribution is 5.96. The Morgan fingerprint density at radius 1 is 0.931 bits per heavy atom. The molecule has 0 unspecified atom stereocenters. The highest BCUT2D eigenvalue weighted by atomic mass is 16.2. The molecule has 0 aliphatic rings. The van der Waals surface area contributed by atoms with Gasteiger partial charge in [-0.3, -0.25) is 14.4 Å². The van der Waals surface area contributed by atoms with Crippen molar-refractivity contribution in [3.8, 4) is 0 Å². The van der Waals surface area contributed by atoms with Crippen LogP contribution in [0.25, 0.3) is 0 Å². The first kappa shape index (κ1) is 22.1. The number of anilines is 2. The first-order chi connectivity index (χ1) is 13.7. The van der Waals surface area contributed by atoms with Crippen molar-refractivity contribution in [2.75, 3.05) is 31.3 Å². The minimum Gasteiger partial charge on any atom is -0.348 e. The Labute approximate surface area is 171 Å². The summed E-state index contributed by atoms with van der Waals surface area (Å²) in [7, 11) is 3.66. The van der Waals surface area contributed by atoms with Crippen LogP contribution < -0.4 is 16.0 Å². The van der Waals surface area contributed by atoms with Crippen LogP contribution in [0.3, 0.4) is 0 Å². The standard InChI is InChI=1S/C22H28N4O3/c1-15(2)21(28)25-18-10-8-17(9-11-18)22(29)23-13-16-6-5-7-19(12-16)24-20(27)14-26(3)4/h5-12,15H,13-14H2,1-4H3,(H,23,29)(H,24,27)(H,25,28). The Bertz CT molecular complexity index is 861. The summed E-state index contributed by atoms with van der Waals surface area (Å²) in [6.45, 7) is 4.27. The smallest absolute Gasteiger partial charge is 0.251 e. The predicted molar refractivity (Wildman–Crippen MR) is 115 cm³/mol. The molecule has 7 nitrogen and oxygen atoms in total. The van der Waals surface area contributed by atoms with E-state index < -0.39 is 0 Å². The van der Waals surface area contributed by atoms with Crippen LogP contribution in [-0.2, 0) is 16.1 Å². The Morgan fingerprint density at radius 2 is 1.62 bits per heavy atom. The van der Waals surface area contributed by atoms with Crippen molar-refractivity contribution >= 4 is 29.1 Å². The van der Waals surface area contributed by atoms with Gasteiger partial charge in [-0.1, -0.05) is 26.0 Å². The van der Waals surface area contributed by atoms with Crippen molar-refractivity contribution < 1.29 is 14.4 Å². The molecule has 2 aromatic rings. The van der Waals surface area contributed by atoms with Gasteiger partial charge in [-0.2, -0.15) is 0 Å². The summed E-state index contributed by atoms with van der Waals surface area (Å²) in [5, 5.41) is 8.48. The van der Waals surface area contributed by atoms with Gasteiger partial charge in [-0.15, -0.1) is 0 Å². The summed E-state index contributed by atoms with van der Waals surface area (Å²) in [5.74, 6) is -0.490. The number of rotatable bonds is 8. The van der Waals surface area contributed by atoms with E-state index in [0.29, 0.717) is 30.0 Å². The molecule has 3 N–H and O–H groups in total. The fourth-order valence-corrected chi connectivity index (χ4v) is 2.52. The maximum absolute atomic E-state index is 12.4. The lowest BCUT2D eigenvalue weighted by Gasteiger charge is -2.11. The largest absolute Gasteiger partial charge is 0.348 e. The van der Waals surface area contributed by atoms with Crippen molar-refractivity contribution in [1.82, 2.24) is 10.2 Å². The molecule has 7 heteroatoms. The third-order valence-electron chi connectivity index (χ3n) is 4.06. The summed E-state index contributed by atoms with van der Waals surface area (Å²) in [6.07, 6.45) is 0. The van der Waals surface area contributed by atoms with E-state index in [9.17, 15) is 14.4 Å². The van der Waals surface area contributed by atoms with Crippen LogP contribution in [0.2, 0.25) is 0 Å². The van der Waals surface area contributed by atoms with Crippen molar-refractivity contribution in [1.29, 1.82) is 0 Å². The van der Waals surface area contributed by atoms with E-state index in [-0.39, 0.29) is 23.6 Å². The minimum absolute atomic E-state index is 0.0697. The van der Waals surface area contributed by atoms with Crippen LogP contribution in [0, 0.1) is 5.92 Å². The molecule has 0 aromatic heterocycles. The highest BCUT2D eigenvalue weighted by Gasteiger charge is 2.09. The second kappa shape index (κ2) is 10.4. The third kappa shape index (κ3) is 7.38. The molecular formula is C22H28N4O3. The molecule has 3 amide bonds. The highest BCUT2D eigenvalue weighted by Crippen LogP contribution is 2.13. The number of benzene rings is 2. The summed E-state index contributed by atoms with van der Waals surface area (Å²) >= 11 is 0. The number of amides is 3. The minimum atomic E-state index is -0.214. The molecule has 2 aromatic carbocycles. The average Bonchev–Trinajstić information content (AvgIpc) is 2.66.